The lowest BCUT2D eigenvalue weighted by atomic mass is 9.98. The normalized spacial score (nSPS) is 13.5. The van der Waals surface area contributed by atoms with Crippen LogP contribution in [0.3, 0.4) is 0 Å². The van der Waals surface area contributed by atoms with Crippen LogP contribution in [0.4, 0.5) is 9.59 Å². The molecule has 10 heteroatoms. The van der Waals surface area contributed by atoms with Crippen LogP contribution >= 0.6 is 0 Å². The number of hydrogen-bond donors (Lipinski definition) is 2. The highest BCUT2D eigenvalue weighted by Crippen LogP contribution is 2.44. The molecule has 1 aliphatic carbocycles. The highest BCUT2D eigenvalue weighted by molar-refractivity contribution is 5.88. The molecular weight excluding hydrogens is 682 g/mol. The molecule has 3 amide bonds. The van der Waals surface area contributed by atoms with E-state index in [1.165, 1.54) is 0 Å². The summed E-state index contributed by atoms with van der Waals surface area (Å²) in [6, 6.07) is 29.0. The largest absolute Gasteiger partial charge is 0.449 e. The summed E-state index contributed by atoms with van der Waals surface area (Å²) in [6.07, 6.45) is -0.453. The lowest BCUT2D eigenvalue weighted by molar-refractivity contribution is -0.179. The average Bonchev–Trinajstić information content (AvgIpc) is 3.47. The number of hydrogen-bond acceptors (Lipinski definition) is 7. The second-order valence-electron chi connectivity index (χ2n) is 14.6. The molecule has 288 valence electrons. The van der Waals surface area contributed by atoms with E-state index in [-0.39, 0.29) is 25.0 Å². The number of alkyl carbamates (subject to hydrolysis) is 2. The third-order valence-corrected chi connectivity index (χ3v) is 9.57. The van der Waals surface area contributed by atoms with Gasteiger partial charge in [-0.05, 0) is 99.4 Å². The Bertz CT molecular complexity index is 1820. The summed E-state index contributed by atoms with van der Waals surface area (Å²) in [5, 5.41) is 7.81. The van der Waals surface area contributed by atoms with Crippen molar-refractivity contribution in [3.8, 4) is 11.1 Å². The van der Waals surface area contributed by atoms with E-state index in [1.807, 2.05) is 108 Å². The maximum Gasteiger partial charge on any atom is 0.407 e. The minimum Gasteiger partial charge on any atom is -0.449 e. The first kappa shape index (κ1) is 40.3. The van der Waals surface area contributed by atoms with Gasteiger partial charge >= 0.3 is 12.2 Å². The van der Waals surface area contributed by atoms with E-state index in [0.717, 1.165) is 38.6 Å². The van der Waals surface area contributed by atoms with Crippen molar-refractivity contribution in [1.29, 1.82) is 0 Å². The molecule has 4 aromatic rings. The molecule has 0 unspecified atom stereocenters. The number of carbonyl (C=O) groups excluding carboxylic acids is 3. The fraction of sp³-hybridized carbons (Fsp3) is 0.432. The fourth-order valence-electron chi connectivity index (χ4n) is 7.06. The van der Waals surface area contributed by atoms with E-state index in [1.54, 1.807) is 4.90 Å². The van der Waals surface area contributed by atoms with Crippen LogP contribution in [0.5, 0.6) is 0 Å². The number of nitrogens with zero attached hydrogens (tertiary/aromatic N) is 1. The maximum absolute atomic E-state index is 14.8. The zero-order valence-electron chi connectivity index (χ0n) is 32.4. The highest BCUT2D eigenvalue weighted by atomic mass is 16.7. The van der Waals surface area contributed by atoms with Crippen molar-refractivity contribution in [2.24, 2.45) is 0 Å². The number of rotatable bonds is 17. The molecule has 0 saturated carbocycles. The van der Waals surface area contributed by atoms with Gasteiger partial charge in [0, 0.05) is 32.2 Å². The summed E-state index contributed by atoms with van der Waals surface area (Å²) in [5.74, 6) is -0.411. The predicted octanol–water partition coefficient (Wildman–Crippen LogP) is 8.56. The van der Waals surface area contributed by atoms with Gasteiger partial charge in [0.15, 0.2) is 6.29 Å². The highest BCUT2D eigenvalue weighted by Gasteiger charge is 2.35. The van der Waals surface area contributed by atoms with E-state index < -0.39 is 36.2 Å². The van der Waals surface area contributed by atoms with Crippen molar-refractivity contribution in [2.75, 3.05) is 26.4 Å². The molecule has 5 rings (SSSR count). The topological polar surface area (TPSA) is 115 Å². The quantitative estimate of drug-likeness (QED) is 0.0825. The van der Waals surface area contributed by atoms with Crippen LogP contribution in [-0.4, -0.2) is 73.3 Å². The number of unbranched alkanes of at least 4 members (excludes halogenated alkanes) is 1. The summed E-state index contributed by atoms with van der Waals surface area (Å²) in [6.45, 7) is 12.7. The SMILES string of the molecule is CCOC(OCC)[C@H](C)N(Cc1cccc2ccccc12)C(=O)[C@H](CCCCNC(=O)OC(C)(C)C)NC(=O)OCC1c2ccccc2-c2ccccc21. The summed E-state index contributed by atoms with van der Waals surface area (Å²) < 4.78 is 23.3. The minimum atomic E-state index is -0.927. The van der Waals surface area contributed by atoms with Crippen molar-refractivity contribution in [2.45, 2.75) is 97.2 Å². The minimum absolute atomic E-state index is 0.119. The van der Waals surface area contributed by atoms with Crippen molar-refractivity contribution in [3.05, 3.63) is 108 Å². The zero-order valence-corrected chi connectivity index (χ0v) is 32.4. The number of benzene rings is 4. The molecule has 0 saturated heterocycles. The van der Waals surface area contributed by atoms with Crippen LogP contribution in [0, 0.1) is 0 Å². The Morgan fingerprint density at radius 2 is 1.39 bits per heavy atom. The van der Waals surface area contributed by atoms with Gasteiger partial charge in [0.1, 0.15) is 18.2 Å². The van der Waals surface area contributed by atoms with E-state index in [4.69, 9.17) is 18.9 Å². The van der Waals surface area contributed by atoms with Gasteiger partial charge in [0.2, 0.25) is 5.91 Å². The van der Waals surface area contributed by atoms with Crippen molar-refractivity contribution in [1.82, 2.24) is 15.5 Å². The third kappa shape index (κ3) is 10.4. The zero-order chi connectivity index (χ0) is 38.7. The molecule has 2 N–H and O–H groups in total. The Labute approximate surface area is 319 Å². The van der Waals surface area contributed by atoms with Gasteiger partial charge < -0.3 is 34.5 Å². The molecule has 0 radical (unpaired) electrons. The number of ether oxygens (including phenoxy) is 4. The van der Waals surface area contributed by atoms with Crippen LogP contribution in [-0.2, 0) is 30.3 Å². The van der Waals surface area contributed by atoms with Gasteiger partial charge in [0.05, 0.1) is 6.04 Å². The van der Waals surface area contributed by atoms with Crippen molar-refractivity contribution < 1.29 is 33.3 Å². The van der Waals surface area contributed by atoms with E-state index in [2.05, 4.69) is 34.9 Å². The van der Waals surface area contributed by atoms with E-state index in [9.17, 15) is 14.4 Å². The summed E-state index contributed by atoms with van der Waals surface area (Å²) >= 11 is 0. The van der Waals surface area contributed by atoms with Gasteiger partial charge in [0.25, 0.3) is 0 Å². The maximum atomic E-state index is 14.8. The van der Waals surface area contributed by atoms with Crippen LogP contribution < -0.4 is 10.6 Å². The van der Waals surface area contributed by atoms with Gasteiger partial charge in [-0.25, -0.2) is 9.59 Å². The Hall–Kier alpha value is -4.93. The Balaban J connectivity index is 1.37. The summed E-state index contributed by atoms with van der Waals surface area (Å²) in [7, 11) is 0. The van der Waals surface area contributed by atoms with Gasteiger partial charge in [-0.2, -0.15) is 0 Å². The lowest BCUT2D eigenvalue weighted by Crippen LogP contribution is -2.54. The molecule has 0 heterocycles. The van der Waals surface area contributed by atoms with Gasteiger partial charge in [-0.3, -0.25) is 4.79 Å². The second kappa shape index (κ2) is 18.9. The number of amides is 3. The Kier molecular flexibility index (Phi) is 14.1. The molecule has 0 spiro atoms. The van der Waals surface area contributed by atoms with E-state index in [0.29, 0.717) is 39.0 Å². The standard InChI is InChI=1S/C44H55N3O7/c1-7-51-41(52-8-2)30(3)47(28-32-20-17-19-31-18-9-10-21-33(31)32)40(48)39(26-15-16-27-45-42(49)54-44(4,5)6)46-43(50)53-29-38-36-24-13-11-22-34(36)35-23-12-14-25-37(35)38/h9-14,17-25,30,38-39,41H,7-8,15-16,26-29H2,1-6H3,(H,45,49)(H,46,50)/t30-,39-/m0/s1. The number of nitrogens with one attached hydrogen (secondary N) is 2. The fourth-order valence-corrected chi connectivity index (χ4v) is 7.06. The molecule has 10 nitrogen and oxygen atoms in total. The van der Waals surface area contributed by atoms with Crippen molar-refractivity contribution >= 4 is 28.9 Å². The molecular formula is C44H55N3O7. The smallest absolute Gasteiger partial charge is 0.407 e. The first-order valence-corrected chi connectivity index (χ1v) is 19.1. The lowest BCUT2D eigenvalue weighted by Gasteiger charge is -2.36. The molecule has 2 atom stereocenters. The summed E-state index contributed by atoms with van der Waals surface area (Å²) in [4.78, 5) is 42.5. The Morgan fingerprint density at radius 1 is 0.778 bits per heavy atom. The molecule has 4 aromatic carbocycles. The molecule has 0 fully saturated rings. The van der Waals surface area contributed by atoms with Crippen LogP contribution in [0.2, 0.25) is 0 Å². The first-order chi connectivity index (χ1) is 26.0. The summed E-state index contributed by atoms with van der Waals surface area (Å²) in [5.41, 5.74) is 4.81. The number of carbonyl (C=O) groups is 3. The predicted molar refractivity (Wildman–Crippen MR) is 211 cm³/mol. The molecule has 54 heavy (non-hydrogen) atoms. The molecule has 0 bridgehead atoms. The molecule has 1 aliphatic rings. The number of fused-ring (bicyclic) bond motifs is 4. The van der Waals surface area contributed by atoms with Crippen LogP contribution in [0.1, 0.15) is 83.4 Å². The van der Waals surface area contributed by atoms with Crippen molar-refractivity contribution in [3.63, 3.8) is 0 Å². The second-order valence-corrected chi connectivity index (χ2v) is 14.6. The van der Waals surface area contributed by atoms with Crippen LogP contribution in [0.25, 0.3) is 21.9 Å². The monoisotopic (exact) mass is 737 g/mol. The molecule has 0 aliphatic heterocycles. The average molecular weight is 738 g/mol. The van der Waals surface area contributed by atoms with Crippen LogP contribution in [0.15, 0.2) is 91.0 Å². The third-order valence-electron chi connectivity index (χ3n) is 9.57. The van der Waals surface area contributed by atoms with Gasteiger partial charge in [-0.1, -0.05) is 91.0 Å². The van der Waals surface area contributed by atoms with Gasteiger partial charge in [-0.15, -0.1) is 0 Å². The van der Waals surface area contributed by atoms with E-state index >= 15 is 0 Å². The first-order valence-electron chi connectivity index (χ1n) is 19.1. The Morgan fingerprint density at radius 3 is 2.04 bits per heavy atom. The molecule has 0 aromatic heterocycles.